The van der Waals surface area contributed by atoms with Gasteiger partial charge < -0.3 is 14.6 Å². The van der Waals surface area contributed by atoms with Crippen LogP contribution in [0.25, 0.3) is 0 Å². The van der Waals surface area contributed by atoms with Crippen LogP contribution in [-0.4, -0.2) is 28.5 Å². The second-order valence-corrected chi connectivity index (χ2v) is 8.77. The van der Waals surface area contributed by atoms with E-state index in [9.17, 15) is 9.59 Å². The quantitative estimate of drug-likeness (QED) is 0.693. The number of fused-ring (bicyclic) bond motifs is 2. The fourth-order valence-electron chi connectivity index (χ4n) is 4.27. The Hall–Kier alpha value is -2.99. The lowest BCUT2D eigenvalue weighted by Crippen LogP contribution is -2.53. The van der Waals surface area contributed by atoms with Gasteiger partial charge in [0.05, 0.1) is 12.3 Å². The summed E-state index contributed by atoms with van der Waals surface area (Å²) in [5.74, 6) is 0.849. The Morgan fingerprint density at radius 1 is 1.00 bits per heavy atom. The summed E-state index contributed by atoms with van der Waals surface area (Å²) in [4.78, 5) is 29.4. The number of furan rings is 1. The SMILES string of the molecule is O=C(N[C@@H]1CCSc2ccccc21)[C@@H]1Cc2ccccc2CN1C(=O)c1ccco1. The van der Waals surface area contributed by atoms with Gasteiger partial charge in [-0.15, -0.1) is 11.8 Å². The van der Waals surface area contributed by atoms with Gasteiger partial charge >= 0.3 is 0 Å². The van der Waals surface area contributed by atoms with E-state index >= 15 is 0 Å². The van der Waals surface area contributed by atoms with Crippen molar-refractivity contribution >= 4 is 23.6 Å². The van der Waals surface area contributed by atoms with Crippen molar-refractivity contribution < 1.29 is 14.0 Å². The largest absolute Gasteiger partial charge is 0.459 e. The number of nitrogens with one attached hydrogen (secondary N) is 1. The van der Waals surface area contributed by atoms with Crippen molar-refractivity contribution in [2.45, 2.75) is 36.4 Å². The molecule has 3 heterocycles. The third-order valence-corrected chi connectivity index (χ3v) is 6.94. The van der Waals surface area contributed by atoms with Crippen molar-refractivity contribution in [2.75, 3.05) is 5.75 Å². The van der Waals surface area contributed by atoms with Gasteiger partial charge in [0.1, 0.15) is 6.04 Å². The summed E-state index contributed by atoms with van der Waals surface area (Å²) in [5.41, 5.74) is 3.34. The van der Waals surface area contributed by atoms with E-state index in [0.717, 1.165) is 28.9 Å². The monoisotopic (exact) mass is 418 g/mol. The van der Waals surface area contributed by atoms with Crippen LogP contribution in [0, 0.1) is 0 Å². The highest BCUT2D eigenvalue weighted by atomic mass is 32.2. The molecule has 0 unspecified atom stereocenters. The molecule has 0 aliphatic carbocycles. The molecular weight excluding hydrogens is 396 g/mol. The molecule has 30 heavy (non-hydrogen) atoms. The van der Waals surface area contributed by atoms with Crippen LogP contribution in [0.1, 0.15) is 39.7 Å². The Kier molecular flexibility index (Phi) is 5.09. The first-order chi connectivity index (χ1) is 14.7. The van der Waals surface area contributed by atoms with Crippen molar-refractivity contribution in [1.82, 2.24) is 10.2 Å². The number of hydrogen-bond donors (Lipinski definition) is 1. The minimum absolute atomic E-state index is 0.0346. The maximum atomic E-state index is 13.4. The van der Waals surface area contributed by atoms with Crippen LogP contribution in [0.5, 0.6) is 0 Å². The zero-order valence-electron chi connectivity index (χ0n) is 16.4. The molecule has 1 N–H and O–H groups in total. The summed E-state index contributed by atoms with van der Waals surface area (Å²) in [6, 6.07) is 18.9. The molecule has 0 saturated carbocycles. The summed E-state index contributed by atoms with van der Waals surface area (Å²) in [5, 5.41) is 3.23. The standard InChI is InChI=1S/C24H22N2O3S/c27-23(25-19-11-13-30-22-10-4-3-8-18(19)22)20-14-16-6-1-2-7-17(16)15-26(20)24(28)21-9-5-12-29-21/h1-10,12,19-20H,11,13-15H2,(H,25,27)/t19-,20+/m1/s1. The minimum atomic E-state index is -0.570. The van der Waals surface area contributed by atoms with Gasteiger partial charge in [-0.05, 0) is 41.3 Å². The first kappa shape index (κ1) is 19.0. The Balaban J connectivity index is 1.43. The van der Waals surface area contributed by atoms with E-state index in [2.05, 4.69) is 17.4 Å². The van der Waals surface area contributed by atoms with Crippen molar-refractivity contribution in [3.63, 3.8) is 0 Å². The highest BCUT2D eigenvalue weighted by Crippen LogP contribution is 2.36. The van der Waals surface area contributed by atoms with Crippen molar-refractivity contribution in [2.24, 2.45) is 0 Å². The summed E-state index contributed by atoms with van der Waals surface area (Å²) in [6.07, 6.45) is 2.86. The average molecular weight is 419 g/mol. The van der Waals surface area contributed by atoms with Gasteiger partial charge in [-0.3, -0.25) is 9.59 Å². The van der Waals surface area contributed by atoms with Gasteiger partial charge in [0.2, 0.25) is 5.91 Å². The summed E-state index contributed by atoms with van der Waals surface area (Å²) in [7, 11) is 0. The molecule has 2 atom stereocenters. The van der Waals surface area contributed by atoms with Crippen molar-refractivity contribution in [3.05, 3.63) is 89.4 Å². The number of nitrogens with zero attached hydrogens (tertiary/aromatic N) is 1. The topological polar surface area (TPSA) is 62.6 Å². The molecule has 5 rings (SSSR count). The van der Waals surface area contributed by atoms with Gasteiger partial charge in [0.25, 0.3) is 5.91 Å². The Bertz CT molecular complexity index is 1080. The number of amides is 2. The summed E-state index contributed by atoms with van der Waals surface area (Å²) in [6.45, 7) is 0.394. The second kappa shape index (κ2) is 8.03. The lowest BCUT2D eigenvalue weighted by molar-refractivity contribution is -0.127. The first-order valence-corrected chi connectivity index (χ1v) is 11.1. The van der Waals surface area contributed by atoms with E-state index in [1.54, 1.807) is 17.0 Å². The first-order valence-electron chi connectivity index (χ1n) is 10.1. The molecule has 0 saturated heterocycles. The van der Waals surface area contributed by atoms with Crippen molar-refractivity contribution in [1.29, 1.82) is 0 Å². The van der Waals surface area contributed by atoms with E-state index in [-0.39, 0.29) is 23.6 Å². The average Bonchev–Trinajstić information content (AvgIpc) is 3.33. The maximum absolute atomic E-state index is 13.4. The van der Waals surface area contributed by atoms with E-state index in [1.807, 2.05) is 48.2 Å². The highest BCUT2D eigenvalue weighted by Gasteiger charge is 2.37. The normalized spacial score (nSPS) is 20.2. The van der Waals surface area contributed by atoms with Crippen LogP contribution in [0.15, 0.2) is 76.2 Å². The van der Waals surface area contributed by atoms with E-state index in [4.69, 9.17) is 4.42 Å². The molecule has 0 radical (unpaired) electrons. The van der Waals surface area contributed by atoms with Crippen LogP contribution in [-0.2, 0) is 17.8 Å². The van der Waals surface area contributed by atoms with Crippen LogP contribution in [0.2, 0.25) is 0 Å². The smallest absolute Gasteiger partial charge is 0.290 e. The number of benzene rings is 2. The lowest BCUT2D eigenvalue weighted by Gasteiger charge is -2.37. The molecule has 2 aliphatic rings. The Labute approximate surface area is 179 Å². The molecule has 2 aliphatic heterocycles. The van der Waals surface area contributed by atoms with Crippen LogP contribution < -0.4 is 5.32 Å². The Morgan fingerprint density at radius 2 is 1.80 bits per heavy atom. The summed E-state index contributed by atoms with van der Waals surface area (Å²) >= 11 is 1.82. The highest BCUT2D eigenvalue weighted by molar-refractivity contribution is 7.99. The molecule has 0 spiro atoms. The molecule has 5 nitrogen and oxygen atoms in total. The summed E-state index contributed by atoms with van der Waals surface area (Å²) < 4.78 is 5.34. The zero-order valence-corrected chi connectivity index (χ0v) is 17.2. The van der Waals surface area contributed by atoms with Gasteiger partial charge in [0.15, 0.2) is 5.76 Å². The number of carbonyl (C=O) groups is 2. The van der Waals surface area contributed by atoms with Gasteiger partial charge in [0, 0.05) is 23.6 Å². The van der Waals surface area contributed by atoms with Gasteiger partial charge in [-0.25, -0.2) is 0 Å². The van der Waals surface area contributed by atoms with Crippen LogP contribution in [0.4, 0.5) is 0 Å². The third-order valence-electron chi connectivity index (χ3n) is 5.82. The Morgan fingerprint density at radius 3 is 2.63 bits per heavy atom. The van der Waals surface area contributed by atoms with Gasteiger partial charge in [-0.1, -0.05) is 42.5 Å². The molecule has 152 valence electrons. The zero-order chi connectivity index (χ0) is 20.5. The molecule has 2 amide bonds. The molecule has 6 heteroatoms. The molecular formula is C24H22N2O3S. The van der Waals surface area contributed by atoms with E-state index < -0.39 is 6.04 Å². The predicted molar refractivity (Wildman–Crippen MR) is 115 cm³/mol. The van der Waals surface area contributed by atoms with Crippen LogP contribution >= 0.6 is 11.8 Å². The molecule has 1 aromatic heterocycles. The molecule has 3 aromatic rings. The number of thioether (sulfide) groups is 1. The van der Waals surface area contributed by atoms with Crippen LogP contribution in [0.3, 0.4) is 0 Å². The predicted octanol–water partition coefficient (Wildman–Crippen LogP) is 4.20. The third kappa shape index (κ3) is 3.52. The second-order valence-electron chi connectivity index (χ2n) is 7.64. The van der Waals surface area contributed by atoms with Gasteiger partial charge in [-0.2, -0.15) is 0 Å². The maximum Gasteiger partial charge on any atom is 0.290 e. The minimum Gasteiger partial charge on any atom is -0.459 e. The number of rotatable bonds is 3. The molecule has 0 bridgehead atoms. The molecule has 2 aromatic carbocycles. The fraction of sp³-hybridized carbons (Fsp3) is 0.250. The van der Waals surface area contributed by atoms with E-state index in [1.165, 1.54) is 11.2 Å². The number of hydrogen-bond acceptors (Lipinski definition) is 4. The fourth-order valence-corrected chi connectivity index (χ4v) is 5.40. The lowest BCUT2D eigenvalue weighted by atomic mass is 9.92. The number of carbonyl (C=O) groups excluding carboxylic acids is 2. The molecule has 0 fully saturated rings. The van der Waals surface area contributed by atoms with Crippen molar-refractivity contribution in [3.8, 4) is 0 Å². The van der Waals surface area contributed by atoms with E-state index in [0.29, 0.717) is 13.0 Å².